The second kappa shape index (κ2) is 10.9. The van der Waals surface area contributed by atoms with Crippen LogP contribution in [-0.2, 0) is 24.0 Å². The molecule has 1 saturated heterocycles. The third-order valence-corrected chi connectivity index (χ3v) is 4.78. The maximum Gasteiger partial charge on any atom is 0.328 e. The van der Waals surface area contributed by atoms with Crippen LogP contribution in [0.5, 0.6) is 0 Å². The lowest BCUT2D eigenvalue weighted by atomic mass is 10.1. The van der Waals surface area contributed by atoms with Crippen molar-refractivity contribution in [2.24, 2.45) is 11.7 Å². The third-order valence-electron chi connectivity index (χ3n) is 3.62. The zero-order valence-electron chi connectivity index (χ0n) is 14.0. The molecule has 0 aromatic carbocycles. The average molecular weight is 377 g/mol. The summed E-state index contributed by atoms with van der Waals surface area (Å²) in [6.45, 7) is 1.92. The van der Waals surface area contributed by atoms with Gasteiger partial charge in [-0.2, -0.15) is 0 Å². The first-order chi connectivity index (χ1) is 11.9. The summed E-state index contributed by atoms with van der Waals surface area (Å²) in [5.41, 5.74) is 5.23. The Morgan fingerprint density at radius 2 is 2.12 bits per heavy atom. The van der Waals surface area contributed by atoms with Gasteiger partial charge in [0.2, 0.25) is 11.0 Å². The summed E-state index contributed by atoms with van der Waals surface area (Å²) in [6.07, 6.45) is 1.40. The molecule has 25 heavy (non-hydrogen) atoms. The minimum atomic E-state index is -0.909. The van der Waals surface area contributed by atoms with Gasteiger partial charge in [0.25, 0.3) is 5.09 Å². The number of carbonyl (C=O) groups is 3. The van der Waals surface area contributed by atoms with E-state index in [-0.39, 0.29) is 37.2 Å². The minimum Gasteiger partial charge on any atom is -0.464 e. The Labute approximate surface area is 149 Å². The molecule has 0 bridgehead atoms. The van der Waals surface area contributed by atoms with Gasteiger partial charge in [0.05, 0.1) is 19.8 Å². The van der Waals surface area contributed by atoms with Crippen LogP contribution in [0.4, 0.5) is 0 Å². The predicted octanol–water partition coefficient (Wildman–Crippen LogP) is -0.0264. The second-order valence-corrected chi connectivity index (χ2v) is 6.63. The standard InChI is InChI=1S/C14H23N3O7S/c1-10(9-25-12(18)8-15)13(19)16-5-2-4-11(16)14(20)23-6-3-7-24-17(21)22/h10-11H,2-9,15H2,1H3/t10-,11+/m1/s1. The number of ether oxygens (including phenoxy) is 1. The van der Waals surface area contributed by atoms with Gasteiger partial charge < -0.3 is 20.2 Å². The molecule has 0 radical (unpaired) electrons. The lowest BCUT2D eigenvalue weighted by molar-refractivity contribution is -0.757. The molecule has 0 unspecified atom stereocenters. The molecular weight excluding hydrogens is 354 g/mol. The highest BCUT2D eigenvalue weighted by Gasteiger charge is 2.36. The van der Waals surface area contributed by atoms with E-state index < -0.39 is 23.0 Å². The Hall–Kier alpha value is -1.88. The van der Waals surface area contributed by atoms with Gasteiger partial charge in [0.15, 0.2) is 0 Å². The van der Waals surface area contributed by atoms with Crippen LogP contribution in [0.15, 0.2) is 0 Å². The van der Waals surface area contributed by atoms with Crippen LogP contribution < -0.4 is 5.73 Å². The molecule has 2 atom stereocenters. The topological polar surface area (TPSA) is 142 Å². The molecule has 0 saturated carbocycles. The van der Waals surface area contributed by atoms with E-state index in [1.54, 1.807) is 6.92 Å². The maximum absolute atomic E-state index is 12.5. The average Bonchev–Trinajstić information content (AvgIpc) is 3.07. The molecule has 11 heteroatoms. The lowest BCUT2D eigenvalue weighted by Crippen LogP contribution is -2.44. The van der Waals surface area contributed by atoms with Crippen LogP contribution in [0.25, 0.3) is 0 Å². The summed E-state index contributed by atoms with van der Waals surface area (Å²) in [5.74, 6) is -0.827. The summed E-state index contributed by atoms with van der Waals surface area (Å²) in [4.78, 5) is 51.4. The van der Waals surface area contributed by atoms with Crippen molar-refractivity contribution in [3.05, 3.63) is 10.1 Å². The second-order valence-electron chi connectivity index (χ2n) is 5.56. The van der Waals surface area contributed by atoms with Crippen LogP contribution in [-0.4, -0.2) is 65.1 Å². The van der Waals surface area contributed by atoms with Crippen molar-refractivity contribution in [3.8, 4) is 0 Å². The first kappa shape index (κ1) is 21.2. The number of nitrogens with two attached hydrogens (primary N) is 1. The van der Waals surface area contributed by atoms with Gasteiger partial charge in [-0.15, -0.1) is 10.1 Å². The van der Waals surface area contributed by atoms with Crippen molar-refractivity contribution >= 4 is 28.8 Å². The smallest absolute Gasteiger partial charge is 0.328 e. The van der Waals surface area contributed by atoms with E-state index in [9.17, 15) is 24.5 Å². The fourth-order valence-corrected chi connectivity index (χ4v) is 3.07. The Morgan fingerprint density at radius 3 is 2.76 bits per heavy atom. The van der Waals surface area contributed by atoms with Crippen molar-refractivity contribution in [1.82, 2.24) is 4.90 Å². The number of nitrogens with zero attached hydrogens (tertiary/aromatic N) is 2. The SMILES string of the molecule is C[C@H](CSC(=O)CN)C(=O)N1CCC[C@H]1C(=O)OCCCO[N+](=O)[O-]. The number of amides is 1. The zero-order chi connectivity index (χ0) is 18.8. The Balaban J connectivity index is 2.43. The van der Waals surface area contributed by atoms with Crippen molar-refractivity contribution in [2.45, 2.75) is 32.2 Å². The fourth-order valence-electron chi connectivity index (χ4n) is 2.37. The van der Waals surface area contributed by atoms with Crippen LogP contribution in [0, 0.1) is 16.0 Å². The number of likely N-dealkylation sites (tertiary alicyclic amines) is 1. The van der Waals surface area contributed by atoms with Gasteiger partial charge in [-0.05, 0) is 12.8 Å². The summed E-state index contributed by atoms with van der Waals surface area (Å²) in [7, 11) is 0. The van der Waals surface area contributed by atoms with Gasteiger partial charge in [0.1, 0.15) is 6.04 Å². The normalized spacial score (nSPS) is 17.8. The summed E-state index contributed by atoms with van der Waals surface area (Å²) in [5, 5.41) is 8.91. The van der Waals surface area contributed by atoms with Gasteiger partial charge in [0, 0.05) is 24.6 Å². The first-order valence-corrected chi connectivity index (χ1v) is 8.95. The molecule has 0 aliphatic carbocycles. The van der Waals surface area contributed by atoms with E-state index >= 15 is 0 Å². The number of rotatable bonds is 10. The van der Waals surface area contributed by atoms with E-state index in [1.807, 2.05) is 0 Å². The molecule has 10 nitrogen and oxygen atoms in total. The maximum atomic E-state index is 12.5. The molecule has 1 heterocycles. The lowest BCUT2D eigenvalue weighted by Gasteiger charge is -2.26. The molecule has 0 aromatic rings. The molecular formula is C14H23N3O7S. The molecule has 142 valence electrons. The van der Waals surface area contributed by atoms with E-state index in [0.717, 1.165) is 11.8 Å². The highest BCUT2D eigenvalue weighted by molar-refractivity contribution is 8.13. The summed E-state index contributed by atoms with van der Waals surface area (Å²) >= 11 is 1.01. The van der Waals surface area contributed by atoms with Crippen LogP contribution in [0.2, 0.25) is 0 Å². The van der Waals surface area contributed by atoms with Crippen molar-refractivity contribution in [3.63, 3.8) is 0 Å². The summed E-state index contributed by atoms with van der Waals surface area (Å²) in [6, 6.07) is -0.651. The molecule has 1 rings (SSSR count). The quantitative estimate of drug-likeness (QED) is 0.240. The minimum absolute atomic E-state index is 0.0123. The van der Waals surface area contributed by atoms with E-state index in [4.69, 9.17) is 10.5 Å². The number of carbonyl (C=O) groups excluding carboxylic acids is 3. The van der Waals surface area contributed by atoms with Crippen molar-refractivity contribution < 1.29 is 29.0 Å². The van der Waals surface area contributed by atoms with E-state index in [1.165, 1.54) is 4.90 Å². The molecule has 1 fully saturated rings. The third kappa shape index (κ3) is 7.26. The Bertz CT molecular complexity index is 503. The van der Waals surface area contributed by atoms with Crippen LogP contribution in [0.1, 0.15) is 26.2 Å². The summed E-state index contributed by atoms with van der Waals surface area (Å²) < 4.78 is 5.07. The zero-order valence-corrected chi connectivity index (χ0v) is 14.9. The van der Waals surface area contributed by atoms with Crippen LogP contribution in [0.3, 0.4) is 0 Å². The molecule has 0 spiro atoms. The van der Waals surface area contributed by atoms with Crippen molar-refractivity contribution in [2.75, 3.05) is 32.1 Å². The van der Waals surface area contributed by atoms with Gasteiger partial charge in [-0.3, -0.25) is 9.59 Å². The van der Waals surface area contributed by atoms with Gasteiger partial charge >= 0.3 is 5.97 Å². The molecule has 1 aliphatic rings. The fraction of sp³-hybridized carbons (Fsp3) is 0.786. The molecule has 1 amide bonds. The largest absolute Gasteiger partial charge is 0.464 e. The van der Waals surface area contributed by atoms with E-state index in [2.05, 4.69) is 4.84 Å². The monoisotopic (exact) mass is 377 g/mol. The van der Waals surface area contributed by atoms with Gasteiger partial charge in [-0.1, -0.05) is 18.7 Å². The number of hydrogen-bond donors (Lipinski definition) is 1. The predicted molar refractivity (Wildman–Crippen MR) is 88.9 cm³/mol. The first-order valence-electron chi connectivity index (χ1n) is 7.97. The number of hydrogen-bond acceptors (Lipinski definition) is 9. The van der Waals surface area contributed by atoms with Gasteiger partial charge in [-0.25, -0.2) is 4.79 Å². The van der Waals surface area contributed by atoms with E-state index in [0.29, 0.717) is 25.1 Å². The van der Waals surface area contributed by atoms with Crippen LogP contribution >= 0.6 is 11.8 Å². The Morgan fingerprint density at radius 1 is 1.40 bits per heavy atom. The molecule has 1 aliphatic heterocycles. The molecule has 2 N–H and O–H groups in total. The highest BCUT2D eigenvalue weighted by Crippen LogP contribution is 2.22. The van der Waals surface area contributed by atoms with Crippen molar-refractivity contribution in [1.29, 1.82) is 0 Å². The number of esters is 1. The Kier molecular flexibility index (Phi) is 9.21. The number of thioether (sulfide) groups is 1. The molecule has 0 aromatic heterocycles. The highest BCUT2D eigenvalue weighted by atomic mass is 32.2.